The molecule has 2 aromatic rings. The summed E-state index contributed by atoms with van der Waals surface area (Å²) in [6, 6.07) is 6.34. The lowest BCUT2D eigenvalue weighted by Gasteiger charge is -2.20. The molecule has 1 N–H and O–H groups in total. The summed E-state index contributed by atoms with van der Waals surface area (Å²) >= 11 is 12.3. The molecule has 0 radical (unpaired) electrons. The average molecular weight is 313 g/mol. The molecular weight excluding hydrogens is 298 g/mol. The van der Waals surface area contributed by atoms with Crippen LogP contribution in [0.2, 0.25) is 10.0 Å². The Balaban J connectivity index is 2.28. The molecule has 0 aliphatic rings. The molecule has 106 valence electrons. The molecule has 0 saturated carbocycles. The normalized spacial score (nSPS) is 12.4. The molecule has 0 bridgehead atoms. The smallest absolute Gasteiger partial charge is 0.124 e. The fraction of sp³-hybridized carbons (Fsp3) is 0.267. The van der Waals surface area contributed by atoms with Gasteiger partial charge in [0.05, 0.1) is 5.02 Å². The van der Waals surface area contributed by atoms with Gasteiger partial charge in [-0.3, -0.25) is 4.98 Å². The van der Waals surface area contributed by atoms with Crippen LogP contribution in [0.1, 0.15) is 24.1 Å². The molecule has 1 unspecified atom stereocenters. The van der Waals surface area contributed by atoms with Crippen molar-refractivity contribution in [3.8, 4) is 0 Å². The Kier molecular flexibility index (Phi) is 5.35. The molecule has 2 rings (SSSR count). The summed E-state index contributed by atoms with van der Waals surface area (Å²) in [7, 11) is 0. The number of hydrogen-bond acceptors (Lipinski definition) is 2. The number of rotatable bonds is 5. The molecule has 20 heavy (non-hydrogen) atoms. The van der Waals surface area contributed by atoms with Crippen molar-refractivity contribution in [2.75, 3.05) is 6.54 Å². The third-order valence-electron chi connectivity index (χ3n) is 3.07. The van der Waals surface area contributed by atoms with E-state index in [0.29, 0.717) is 16.5 Å². The Bertz CT molecular complexity index is 590. The topological polar surface area (TPSA) is 24.9 Å². The van der Waals surface area contributed by atoms with Gasteiger partial charge in [0.1, 0.15) is 5.82 Å². The van der Waals surface area contributed by atoms with Crippen LogP contribution in [-0.2, 0) is 6.42 Å². The van der Waals surface area contributed by atoms with Gasteiger partial charge in [0.2, 0.25) is 0 Å². The molecule has 0 spiro atoms. The van der Waals surface area contributed by atoms with E-state index in [9.17, 15) is 4.39 Å². The van der Waals surface area contributed by atoms with Crippen molar-refractivity contribution in [1.82, 2.24) is 10.3 Å². The average Bonchev–Trinajstić information content (AvgIpc) is 2.42. The third-order valence-corrected chi connectivity index (χ3v) is 3.74. The Morgan fingerprint density at radius 2 is 2.05 bits per heavy atom. The molecule has 0 amide bonds. The molecule has 1 aromatic carbocycles. The molecule has 5 heteroatoms. The molecule has 0 aliphatic carbocycles. The van der Waals surface area contributed by atoms with E-state index in [-0.39, 0.29) is 11.9 Å². The predicted octanol–water partition coefficient (Wildman–Crippen LogP) is 4.42. The molecule has 0 aliphatic heterocycles. The highest BCUT2D eigenvalue weighted by Gasteiger charge is 2.16. The van der Waals surface area contributed by atoms with Crippen LogP contribution in [0.4, 0.5) is 4.39 Å². The highest BCUT2D eigenvalue weighted by Crippen LogP contribution is 2.27. The Labute approximate surface area is 127 Å². The standard InChI is InChI=1S/C15H15Cl2FN2/c1-2-20-15(12-5-6-19-9-14(12)17)7-10-3-4-11(18)8-13(10)16/h3-6,8-9,15,20H,2,7H2,1H3. The zero-order valence-corrected chi connectivity index (χ0v) is 12.5. The van der Waals surface area contributed by atoms with Gasteiger partial charge in [-0.25, -0.2) is 4.39 Å². The lowest BCUT2D eigenvalue weighted by Crippen LogP contribution is -2.23. The van der Waals surface area contributed by atoms with Crippen molar-refractivity contribution >= 4 is 23.2 Å². The maximum absolute atomic E-state index is 13.1. The van der Waals surface area contributed by atoms with Crippen LogP contribution >= 0.6 is 23.2 Å². The van der Waals surface area contributed by atoms with Crippen LogP contribution in [0.25, 0.3) is 0 Å². The number of halogens is 3. The van der Waals surface area contributed by atoms with Gasteiger partial charge in [0.15, 0.2) is 0 Å². The number of aromatic nitrogens is 1. The highest BCUT2D eigenvalue weighted by atomic mass is 35.5. The number of pyridine rings is 1. The predicted molar refractivity (Wildman–Crippen MR) is 80.8 cm³/mol. The van der Waals surface area contributed by atoms with Crippen LogP contribution in [-0.4, -0.2) is 11.5 Å². The van der Waals surface area contributed by atoms with E-state index in [1.54, 1.807) is 18.5 Å². The molecule has 0 saturated heterocycles. The van der Waals surface area contributed by atoms with Crippen LogP contribution in [0.15, 0.2) is 36.7 Å². The van der Waals surface area contributed by atoms with Crippen molar-refractivity contribution < 1.29 is 4.39 Å². The summed E-state index contributed by atoms with van der Waals surface area (Å²) < 4.78 is 13.1. The SMILES string of the molecule is CCNC(Cc1ccc(F)cc1Cl)c1ccncc1Cl. The van der Waals surface area contributed by atoms with Gasteiger partial charge < -0.3 is 5.32 Å². The van der Waals surface area contributed by atoms with E-state index in [2.05, 4.69) is 10.3 Å². The van der Waals surface area contributed by atoms with Gasteiger partial charge in [-0.15, -0.1) is 0 Å². The maximum atomic E-state index is 13.1. The minimum Gasteiger partial charge on any atom is -0.310 e. The van der Waals surface area contributed by atoms with Crippen molar-refractivity contribution in [3.05, 3.63) is 63.6 Å². The van der Waals surface area contributed by atoms with E-state index in [4.69, 9.17) is 23.2 Å². The summed E-state index contributed by atoms with van der Waals surface area (Å²) in [6.45, 7) is 2.82. The highest BCUT2D eigenvalue weighted by molar-refractivity contribution is 6.31. The number of nitrogens with one attached hydrogen (secondary N) is 1. The lowest BCUT2D eigenvalue weighted by atomic mass is 9.99. The van der Waals surface area contributed by atoms with E-state index in [0.717, 1.165) is 17.7 Å². The summed E-state index contributed by atoms with van der Waals surface area (Å²) in [5.74, 6) is -0.333. The zero-order chi connectivity index (χ0) is 14.5. The number of nitrogens with zero attached hydrogens (tertiary/aromatic N) is 1. The second-order valence-corrected chi connectivity index (χ2v) is 5.26. The minimum atomic E-state index is -0.333. The number of hydrogen-bond donors (Lipinski definition) is 1. The molecule has 0 fully saturated rings. The van der Waals surface area contributed by atoms with Gasteiger partial charge >= 0.3 is 0 Å². The van der Waals surface area contributed by atoms with E-state index < -0.39 is 0 Å². The summed E-state index contributed by atoms with van der Waals surface area (Å²) in [5, 5.41) is 4.40. The fourth-order valence-corrected chi connectivity index (χ4v) is 2.61. The second kappa shape index (κ2) is 7.02. The summed E-state index contributed by atoms with van der Waals surface area (Å²) in [6.07, 6.45) is 3.96. The fourth-order valence-electron chi connectivity index (χ4n) is 2.11. The van der Waals surface area contributed by atoms with E-state index >= 15 is 0 Å². The Hall–Kier alpha value is -1.16. The lowest BCUT2D eigenvalue weighted by molar-refractivity contribution is 0.548. The van der Waals surface area contributed by atoms with Gasteiger partial charge in [0, 0.05) is 23.5 Å². The van der Waals surface area contributed by atoms with E-state index in [1.807, 2.05) is 13.0 Å². The summed E-state index contributed by atoms with van der Waals surface area (Å²) in [5.41, 5.74) is 1.84. The quantitative estimate of drug-likeness (QED) is 0.884. The largest absolute Gasteiger partial charge is 0.310 e. The molecule has 2 nitrogen and oxygen atoms in total. The first-order valence-electron chi connectivity index (χ1n) is 6.38. The van der Waals surface area contributed by atoms with E-state index in [1.165, 1.54) is 12.1 Å². The van der Waals surface area contributed by atoms with Crippen LogP contribution in [0.3, 0.4) is 0 Å². The third kappa shape index (κ3) is 3.69. The zero-order valence-electron chi connectivity index (χ0n) is 11.0. The molecule has 1 atom stereocenters. The molecule has 1 heterocycles. The van der Waals surface area contributed by atoms with Gasteiger partial charge in [0.25, 0.3) is 0 Å². The van der Waals surface area contributed by atoms with Crippen molar-refractivity contribution in [2.45, 2.75) is 19.4 Å². The van der Waals surface area contributed by atoms with Crippen molar-refractivity contribution in [1.29, 1.82) is 0 Å². The Morgan fingerprint density at radius 3 is 2.70 bits per heavy atom. The van der Waals surface area contributed by atoms with Gasteiger partial charge in [-0.1, -0.05) is 36.2 Å². The van der Waals surface area contributed by atoms with Crippen molar-refractivity contribution in [2.24, 2.45) is 0 Å². The second-order valence-electron chi connectivity index (χ2n) is 4.45. The minimum absolute atomic E-state index is 0.0125. The van der Waals surface area contributed by atoms with Crippen molar-refractivity contribution in [3.63, 3.8) is 0 Å². The molecular formula is C15H15Cl2FN2. The number of likely N-dealkylation sites (N-methyl/N-ethyl adjacent to an activating group) is 1. The summed E-state index contributed by atoms with van der Waals surface area (Å²) in [4.78, 5) is 3.99. The number of benzene rings is 1. The van der Waals surface area contributed by atoms with Crippen LogP contribution < -0.4 is 5.32 Å². The first kappa shape index (κ1) is 15.2. The van der Waals surface area contributed by atoms with Gasteiger partial charge in [-0.05, 0) is 42.3 Å². The van der Waals surface area contributed by atoms with Gasteiger partial charge in [-0.2, -0.15) is 0 Å². The van der Waals surface area contributed by atoms with Crippen LogP contribution in [0, 0.1) is 5.82 Å². The Morgan fingerprint density at radius 1 is 1.25 bits per heavy atom. The molecule has 1 aromatic heterocycles. The first-order valence-corrected chi connectivity index (χ1v) is 7.14. The monoisotopic (exact) mass is 312 g/mol. The first-order chi connectivity index (χ1) is 9.61. The maximum Gasteiger partial charge on any atom is 0.124 e. The van der Waals surface area contributed by atoms with Crippen LogP contribution in [0.5, 0.6) is 0 Å².